The van der Waals surface area contributed by atoms with Crippen LogP contribution in [0.15, 0.2) is 0 Å². The first-order valence-electron chi connectivity index (χ1n) is 20.8. The lowest BCUT2D eigenvalue weighted by atomic mass is 9.95. The van der Waals surface area contributed by atoms with Crippen LogP contribution in [0.1, 0.15) is 253 Å². The summed E-state index contributed by atoms with van der Waals surface area (Å²) in [5.41, 5.74) is 0.375. The summed E-state index contributed by atoms with van der Waals surface area (Å²) >= 11 is 0. The Hall–Kier alpha value is -0.0400. The van der Waals surface area contributed by atoms with Gasteiger partial charge in [-0.1, -0.05) is 220 Å². The number of unbranched alkanes of at least 4 members (excludes halogenated alkanes) is 30. The van der Waals surface area contributed by atoms with E-state index in [1.165, 1.54) is 231 Å². The highest BCUT2D eigenvalue weighted by Crippen LogP contribution is 2.23. The Labute approximate surface area is 275 Å². The Morgan fingerprint density at radius 2 is 0.488 bits per heavy atom. The fourth-order valence-electron chi connectivity index (χ4n) is 7.19. The minimum absolute atomic E-state index is 0.375. The first-order valence-corrected chi connectivity index (χ1v) is 20.8. The minimum atomic E-state index is 0.375. The first-order chi connectivity index (χ1) is 21.1. The molecule has 0 fully saturated rings. The molecule has 0 aliphatic carbocycles. The summed E-state index contributed by atoms with van der Waals surface area (Å²) in [6.07, 6.45) is 49.4. The van der Waals surface area contributed by atoms with E-state index in [9.17, 15) is 0 Å². The Balaban J connectivity index is 3.70. The van der Waals surface area contributed by atoms with Crippen molar-refractivity contribution in [2.45, 2.75) is 258 Å². The van der Waals surface area contributed by atoms with Crippen LogP contribution in [-0.2, 0) is 0 Å². The second kappa shape index (κ2) is 34.8. The van der Waals surface area contributed by atoms with Crippen molar-refractivity contribution in [1.82, 2.24) is 4.90 Å². The molecule has 0 bridgehead atoms. The van der Waals surface area contributed by atoms with Gasteiger partial charge < -0.3 is 0 Å². The second-order valence-corrected chi connectivity index (χ2v) is 15.2. The molecule has 0 N–H and O–H groups in total. The molecule has 0 aromatic carbocycles. The highest BCUT2D eigenvalue weighted by molar-refractivity contribution is 4.81. The average molecular weight is 606 g/mol. The van der Waals surface area contributed by atoms with E-state index in [4.69, 9.17) is 0 Å². The molecule has 0 atom stereocenters. The van der Waals surface area contributed by atoms with E-state index < -0.39 is 0 Å². The fraction of sp³-hybridized carbons (Fsp3) is 1.00. The van der Waals surface area contributed by atoms with Crippen molar-refractivity contribution in [3.8, 4) is 0 Å². The van der Waals surface area contributed by atoms with Crippen molar-refractivity contribution in [3.63, 3.8) is 0 Å². The third-order valence-corrected chi connectivity index (χ3v) is 10.3. The third-order valence-electron chi connectivity index (χ3n) is 10.3. The molecule has 0 heterocycles. The van der Waals surface area contributed by atoms with Crippen LogP contribution in [0.4, 0.5) is 0 Å². The van der Waals surface area contributed by atoms with Crippen LogP contribution < -0.4 is 0 Å². The zero-order valence-electron chi connectivity index (χ0n) is 31.4. The smallest absolute Gasteiger partial charge is 0.0153 e. The summed E-state index contributed by atoms with van der Waals surface area (Å²) < 4.78 is 0. The van der Waals surface area contributed by atoms with Crippen molar-refractivity contribution in [3.05, 3.63) is 0 Å². The van der Waals surface area contributed by atoms with Gasteiger partial charge in [-0.05, 0) is 46.2 Å². The molecule has 0 aromatic rings. The molecule has 0 spiro atoms. The van der Waals surface area contributed by atoms with E-state index >= 15 is 0 Å². The largest absolute Gasteiger partial charge is 0.298 e. The molecule has 0 amide bonds. The van der Waals surface area contributed by atoms with Crippen LogP contribution in [0.5, 0.6) is 0 Å². The quantitative estimate of drug-likeness (QED) is 0.0637. The Bertz CT molecular complexity index is 461. The lowest BCUT2D eigenvalue weighted by molar-refractivity contribution is 0.105. The normalized spacial score (nSPS) is 12.1. The van der Waals surface area contributed by atoms with Crippen LogP contribution in [0, 0.1) is 0 Å². The predicted octanol–water partition coefficient (Wildman–Crippen LogP) is 15.4. The summed E-state index contributed by atoms with van der Waals surface area (Å²) in [6.45, 7) is 14.7. The van der Waals surface area contributed by atoms with Crippen molar-refractivity contribution in [1.29, 1.82) is 0 Å². The first kappa shape index (κ1) is 43.0. The van der Waals surface area contributed by atoms with Crippen LogP contribution >= 0.6 is 0 Å². The summed E-state index contributed by atoms with van der Waals surface area (Å²) in [6, 6.07) is 0. The number of hydrogen-bond donors (Lipinski definition) is 0. The highest BCUT2D eigenvalue weighted by atomic mass is 15.2. The molecule has 0 saturated carbocycles. The monoisotopic (exact) mass is 606 g/mol. The van der Waals surface area contributed by atoms with Gasteiger partial charge in [0, 0.05) is 5.54 Å². The van der Waals surface area contributed by atoms with Gasteiger partial charge in [-0.3, -0.25) is 4.90 Å². The fourth-order valence-corrected chi connectivity index (χ4v) is 7.19. The second-order valence-electron chi connectivity index (χ2n) is 15.2. The lowest BCUT2D eigenvalue weighted by Gasteiger charge is -2.39. The molecule has 0 radical (unpaired) electrons. The molecular formula is C42H87N. The third kappa shape index (κ3) is 31.7. The maximum atomic E-state index is 2.87. The van der Waals surface area contributed by atoms with Gasteiger partial charge in [0.2, 0.25) is 0 Å². The number of rotatable bonds is 37. The minimum Gasteiger partial charge on any atom is -0.298 e. The lowest BCUT2D eigenvalue weighted by Crippen LogP contribution is -2.45. The van der Waals surface area contributed by atoms with E-state index in [0.29, 0.717) is 5.54 Å². The van der Waals surface area contributed by atoms with Gasteiger partial charge in [-0.2, -0.15) is 0 Å². The van der Waals surface area contributed by atoms with E-state index in [1.54, 1.807) is 0 Å². The van der Waals surface area contributed by atoms with Gasteiger partial charge >= 0.3 is 0 Å². The molecule has 0 aromatic heterocycles. The molecule has 0 saturated heterocycles. The molecule has 1 nitrogen and oxygen atoms in total. The van der Waals surface area contributed by atoms with Gasteiger partial charge in [0.15, 0.2) is 0 Å². The van der Waals surface area contributed by atoms with Crippen molar-refractivity contribution in [2.24, 2.45) is 0 Å². The maximum absolute atomic E-state index is 2.87. The Kier molecular flexibility index (Phi) is 34.8. The van der Waals surface area contributed by atoms with Crippen LogP contribution in [0.2, 0.25) is 0 Å². The zero-order chi connectivity index (χ0) is 31.5. The summed E-state index contributed by atoms with van der Waals surface area (Å²) in [5, 5.41) is 0. The molecule has 260 valence electrons. The van der Waals surface area contributed by atoms with Crippen molar-refractivity contribution < 1.29 is 0 Å². The predicted molar refractivity (Wildman–Crippen MR) is 200 cm³/mol. The molecule has 0 unspecified atom stereocenters. The van der Waals surface area contributed by atoms with Crippen molar-refractivity contribution >= 4 is 0 Å². The van der Waals surface area contributed by atoms with Gasteiger partial charge in [-0.25, -0.2) is 0 Å². The summed E-state index contributed by atoms with van der Waals surface area (Å²) in [7, 11) is 0. The average Bonchev–Trinajstić information content (AvgIpc) is 2.99. The molecule has 0 rings (SSSR count). The van der Waals surface area contributed by atoms with Crippen LogP contribution in [0.25, 0.3) is 0 Å². The van der Waals surface area contributed by atoms with Gasteiger partial charge in [0.1, 0.15) is 0 Å². The highest BCUT2D eigenvalue weighted by Gasteiger charge is 2.24. The van der Waals surface area contributed by atoms with Gasteiger partial charge in [-0.15, -0.1) is 0 Å². The molecule has 1 heteroatoms. The molecule has 43 heavy (non-hydrogen) atoms. The van der Waals surface area contributed by atoms with Gasteiger partial charge in [0.25, 0.3) is 0 Å². The van der Waals surface area contributed by atoms with E-state index in [-0.39, 0.29) is 0 Å². The SMILES string of the molecule is CCCCCCCCCCCCCCCCCCN(CCCCCCCCCCCCCCCCCC)C(C)(C)CCC. The van der Waals surface area contributed by atoms with Gasteiger partial charge in [0.05, 0.1) is 0 Å². The Morgan fingerprint density at radius 1 is 0.279 bits per heavy atom. The zero-order valence-corrected chi connectivity index (χ0v) is 31.4. The van der Waals surface area contributed by atoms with Crippen LogP contribution in [0.3, 0.4) is 0 Å². The summed E-state index contributed by atoms with van der Waals surface area (Å²) in [5.74, 6) is 0. The van der Waals surface area contributed by atoms with E-state index in [0.717, 1.165) is 0 Å². The van der Waals surface area contributed by atoms with Crippen molar-refractivity contribution in [2.75, 3.05) is 13.1 Å². The Morgan fingerprint density at radius 3 is 0.698 bits per heavy atom. The maximum Gasteiger partial charge on any atom is 0.0153 e. The standard InChI is InChI=1S/C42H87N/c1-6-9-11-13-15-17-19-21-23-25-27-29-31-33-35-37-40-43(42(4,5)39-8-3)41-38-36-34-32-30-28-26-24-22-20-18-16-14-12-10-7-2/h6-41H2,1-5H3. The molecule has 0 aliphatic heterocycles. The van der Waals surface area contributed by atoms with E-state index in [2.05, 4.69) is 39.5 Å². The van der Waals surface area contributed by atoms with Crippen LogP contribution in [-0.4, -0.2) is 23.5 Å². The number of hydrogen-bond acceptors (Lipinski definition) is 1. The topological polar surface area (TPSA) is 3.24 Å². The summed E-state index contributed by atoms with van der Waals surface area (Å²) in [4.78, 5) is 2.87. The van der Waals surface area contributed by atoms with E-state index in [1.807, 2.05) is 0 Å². The number of nitrogens with zero attached hydrogens (tertiary/aromatic N) is 1. The molecule has 0 aliphatic rings. The molecular weight excluding hydrogens is 518 g/mol.